The Morgan fingerprint density at radius 3 is 2.47 bits per heavy atom. The topological polar surface area (TPSA) is 69.0 Å². The monoisotopic (exact) mass is 481 g/mol. The van der Waals surface area contributed by atoms with Gasteiger partial charge in [-0.1, -0.05) is 49.9 Å². The van der Waals surface area contributed by atoms with Gasteiger partial charge in [0.25, 0.3) is 5.91 Å². The summed E-state index contributed by atoms with van der Waals surface area (Å²) in [4.78, 5) is 29.1. The smallest absolute Gasteiger partial charge is 0.295 e. The maximum Gasteiger partial charge on any atom is 0.295 e. The van der Waals surface area contributed by atoms with Crippen molar-refractivity contribution in [2.24, 2.45) is 0 Å². The zero-order valence-corrected chi connectivity index (χ0v) is 20.3. The van der Waals surface area contributed by atoms with Gasteiger partial charge in [0.2, 0.25) is 5.76 Å². The minimum Gasteiger partial charge on any atom is -0.490 e. The van der Waals surface area contributed by atoms with Crippen molar-refractivity contribution >= 4 is 22.6 Å². The molecule has 4 aromatic rings. The van der Waals surface area contributed by atoms with E-state index in [4.69, 9.17) is 13.9 Å². The van der Waals surface area contributed by atoms with Gasteiger partial charge < -0.3 is 13.9 Å². The molecule has 3 aromatic carbocycles. The van der Waals surface area contributed by atoms with Gasteiger partial charge in [-0.25, -0.2) is 0 Å². The van der Waals surface area contributed by atoms with Crippen molar-refractivity contribution in [3.8, 4) is 11.5 Å². The molecule has 6 heteroatoms. The van der Waals surface area contributed by atoms with E-state index in [1.54, 1.807) is 41.3 Å². The van der Waals surface area contributed by atoms with Crippen molar-refractivity contribution in [3.05, 3.63) is 112 Å². The third-order valence-electron chi connectivity index (χ3n) is 6.34. The van der Waals surface area contributed by atoms with Gasteiger partial charge in [0.1, 0.15) is 12.2 Å². The minimum absolute atomic E-state index is 0.0632. The standard InChI is InChI=1S/C30H27NO5/c1-4-17-35-24-16-13-20(18-25(24)34-6-3)27-26-28(32)22-9-7-8-10-23(22)36-29(26)30(33)31(27)21-14-11-19(5-2)12-15-21/h4,7-16,18,27H,1,5-6,17H2,2-3H3. The molecule has 0 saturated carbocycles. The summed E-state index contributed by atoms with van der Waals surface area (Å²) in [7, 11) is 0. The highest BCUT2D eigenvalue weighted by molar-refractivity contribution is 6.10. The fourth-order valence-corrected chi connectivity index (χ4v) is 4.62. The van der Waals surface area contributed by atoms with Crippen molar-refractivity contribution < 1.29 is 18.7 Å². The maximum atomic E-state index is 13.8. The molecule has 1 amide bonds. The van der Waals surface area contributed by atoms with E-state index in [1.165, 1.54) is 0 Å². The number of carbonyl (C=O) groups is 1. The first-order valence-electron chi connectivity index (χ1n) is 12.1. The van der Waals surface area contributed by atoms with Gasteiger partial charge in [-0.3, -0.25) is 14.5 Å². The van der Waals surface area contributed by atoms with Crippen LogP contribution in [0.2, 0.25) is 0 Å². The lowest BCUT2D eigenvalue weighted by atomic mass is 9.97. The second kappa shape index (κ2) is 9.74. The molecule has 0 saturated heterocycles. The van der Waals surface area contributed by atoms with Crippen LogP contribution >= 0.6 is 0 Å². The molecular weight excluding hydrogens is 454 g/mol. The molecule has 36 heavy (non-hydrogen) atoms. The number of rotatable bonds is 8. The van der Waals surface area contributed by atoms with E-state index in [-0.39, 0.29) is 17.1 Å². The number of hydrogen-bond donors (Lipinski definition) is 0. The summed E-state index contributed by atoms with van der Waals surface area (Å²) in [5.74, 6) is 0.805. The number of anilines is 1. The van der Waals surface area contributed by atoms with Crippen LogP contribution in [-0.2, 0) is 6.42 Å². The molecule has 0 fully saturated rings. The van der Waals surface area contributed by atoms with Gasteiger partial charge in [-0.15, -0.1) is 0 Å². The number of amides is 1. The molecular formula is C30H27NO5. The van der Waals surface area contributed by atoms with E-state index in [2.05, 4.69) is 13.5 Å². The normalized spacial score (nSPS) is 14.7. The van der Waals surface area contributed by atoms with Gasteiger partial charge in [0.05, 0.1) is 23.6 Å². The zero-order valence-electron chi connectivity index (χ0n) is 20.3. The molecule has 0 bridgehead atoms. The van der Waals surface area contributed by atoms with Gasteiger partial charge >= 0.3 is 0 Å². The highest BCUT2D eigenvalue weighted by atomic mass is 16.5. The van der Waals surface area contributed by atoms with Crippen LogP contribution < -0.4 is 19.8 Å². The van der Waals surface area contributed by atoms with Crippen LogP contribution in [0.4, 0.5) is 5.69 Å². The van der Waals surface area contributed by atoms with E-state index >= 15 is 0 Å². The molecule has 0 aliphatic carbocycles. The Balaban J connectivity index is 1.73. The maximum absolute atomic E-state index is 13.8. The predicted octanol–water partition coefficient (Wildman–Crippen LogP) is 6.07. The molecule has 0 spiro atoms. The lowest BCUT2D eigenvalue weighted by Crippen LogP contribution is -2.29. The van der Waals surface area contributed by atoms with Crippen molar-refractivity contribution in [1.82, 2.24) is 0 Å². The number of fused-ring (bicyclic) bond motifs is 2. The van der Waals surface area contributed by atoms with Crippen LogP contribution in [0.25, 0.3) is 11.0 Å². The van der Waals surface area contributed by atoms with Crippen LogP contribution in [0.3, 0.4) is 0 Å². The first kappa shape index (κ1) is 23.4. The summed E-state index contributed by atoms with van der Waals surface area (Å²) < 4.78 is 17.7. The third kappa shape index (κ3) is 3.94. The molecule has 5 rings (SSSR count). The average molecular weight is 482 g/mol. The minimum atomic E-state index is -0.687. The number of carbonyl (C=O) groups excluding carboxylic acids is 1. The molecule has 6 nitrogen and oxygen atoms in total. The fourth-order valence-electron chi connectivity index (χ4n) is 4.62. The van der Waals surface area contributed by atoms with Gasteiger partial charge in [0.15, 0.2) is 16.9 Å². The summed E-state index contributed by atoms with van der Waals surface area (Å²) >= 11 is 0. The lowest BCUT2D eigenvalue weighted by molar-refractivity contribution is 0.0971. The molecule has 1 aromatic heterocycles. The predicted molar refractivity (Wildman–Crippen MR) is 140 cm³/mol. The number of nitrogens with zero attached hydrogens (tertiary/aromatic N) is 1. The molecule has 2 heterocycles. The van der Waals surface area contributed by atoms with Gasteiger partial charge in [-0.2, -0.15) is 0 Å². The van der Waals surface area contributed by atoms with E-state index in [9.17, 15) is 9.59 Å². The fraction of sp³-hybridized carbons (Fsp3) is 0.200. The quantitative estimate of drug-likeness (QED) is 0.286. The second-order valence-electron chi connectivity index (χ2n) is 8.51. The van der Waals surface area contributed by atoms with E-state index < -0.39 is 6.04 Å². The highest BCUT2D eigenvalue weighted by Gasteiger charge is 2.43. The van der Waals surface area contributed by atoms with Gasteiger partial charge in [0, 0.05) is 5.69 Å². The molecule has 1 aliphatic rings. The zero-order chi connectivity index (χ0) is 25.2. The first-order chi connectivity index (χ1) is 17.6. The number of ether oxygens (including phenoxy) is 2. The van der Waals surface area contributed by atoms with Crippen molar-refractivity contribution in [1.29, 1.82) is 0 Å². The Morgan fingerprint density at radius 2 is 1.75 bits per heavy atom. The number of aryl methyl sites for hydroxylation is 1. The average Bonchev–Trinajstić information content (AvgIpc) is 3.20. The molecule has 0 radical (unpaired) electrons. The Labute approximate surface area is 209 Å². The molecule has 1 aliphatic heterocycles. The number of hydrogen-bond acceptors (Lipinski definition) is 5. The second-order valence-corrected chi connectivity index (χ2v) is 8.51. The summed E-state index contributed by atoms with van der Waals surface area (Å²) in [6.45, 7) is 8.43. The molecule has 1 unspecified atom stereocenters. The van der Waals surface area contributed by atoms with Crippen LogP contribution in [0.5, 0.6) is 11.5 Å². The number of para-hydroxylation sites is 1. The summed E-state index contributed by atoms with van der Waals surface area (Å²) in [5, 5.41) is 0.438. The molecule has 0 N–H and O–H groups in total. The molecule has 182 valence electrons. The van der Waals surface area contributed by atoms with Crippen molar-refractivity contribution in [3.63, 3.8) is 0 Å². The third-order valence-corrected chi connectivity index (χ3v) is 6.34. The lowest BCUT2D eigenvalue weighted by Gasteiger charge is -2.26. The largest absolute Gasteiger partial charge is 0.490 e. The molecule has 1 atom stereocenters. The van der Waals surface area contributed by atoms with Crippen molar-refractivity contribution in [2.75, 3.05) is 18.1 Å². The first-order valence-corrected chi connectivity index (χ1v) is 12.1. The van der Waals surface area contributed by atoms with Crippen LogP contribution in [0.1, 0.15) is 47.1 Å². The highest BCUT2D eigenvalue weighted by Crippen LogP contribution is 2.43. The van der Waals surface area contributed by atoms with Crippen LogP contribution in [-0.4, -0.2) is 19.1 Å². The summed E-state index contributed by atoms with van der Waals surface area (Å²) in [5.41, 5.74) is 3.05. The van der Waals surface area contributed by atoms with Crippen LogP contribution in [0, 0.1) is 0 Å². The van der Waals surface area contributed by atoms with E-state index in [1.807, 2.05) is 43.3 Å². The van der Waals surface area contributed by atoms with Gasteiger partial charge in [-0.05, 0) is 60.9 Å². The Morgan fingerprint density at radius 1 is 0.972 bits per heavy atom. The SMILES string of the molecule is C=CCOc1ccc(C2c3c(oc4ccccc4c3=O)C(=O)N2c2ccc(CC)cc2)cc1OCC. The Kier molecular flexibility index (Phi) is 6.34. The Hall–Kier alpha value is -4.32. The number of benzene rings is 3. The van der Waals surface area contributed by atoms with E-state index in [0.717, 1.165) is 17.5 Å². The summed E-state index contributed by atoms with van der Waals surface area (Å²) in [6, 6.07) is 19.6. The van der Waals surface area contributed by atoms with Crippen molar-refractivity contribution in [2.45, 2.75) is 26.3 Å². The van der Waals surface area contributed by atoms with E-state index in [0.29, 0.717) is 46.9 Å². The summed E-state index contributed by atoms with van der Waals surface area (Å²) in [6.07, 6.45) is 2.54. The Bertz CT molecular complexity index is 1500. The van der Waals surface area contributed by atoms with Crippen LogP contribution in [0.15, 0.2) is 88.6 Å².